The van der Waals surface area contributed by atoms with Gasteiger partial charge in [-0.25, -0.2) is 4.98 Å². The van der Waals surface area contributed by atoms with Crippen molar-refractivity contribution in [1.82, 2.24) is 9.88 Å². The van der Waals surface area contributed by atoms with E-state index in [4.69, 9.17) is 4.74 Å². The van der Waals surface area contributed by atoms with Crippen LogP contribution in [0, 0.1) is 5.92 Å². The van der Waals surface area contributed by atoms with Crippen LogP contribution >= 0.6 is 0 Å². The Morgan fingerprint density at radius 2 is 1.95 bits per heavy atom. The van der Waals surface area contributed by atoms with Gasteiger partial charge in [0.2, 0.25) is 5.91 Å². The smallest absolute Gasteiger partial charge is 0.222 e. The van der Waals surface area contributed by atoms with E-state index in [2.05, 4.69) is 9.88 Å². The van der Waals surface area contributed by atoms with Gasteiger partial charge in [0, 0.05) is 52.0 Å². The van der Waals surface area contributed by atoms with Crippen LogP contribution in [0.1, 0.15) is 25.7 Å². The minimum absolute atomic E-state index is 0.312. The fourth-order valence-electron chi connectivity index (χ4n) is 3.25. The van der Waals surface area contributed by atoms with Crippen LogP contribution in [-0.4, -0.2) is 55.2 Å². The van der Waals surface area contributed by atoms with Crippen LogP contribution in [0.5, 0.6) is 0 Å². The maximum atomic E-state index is 12.3. The number of carbonyl (C=O) groups is 1. The van der Waals surface area contributed by atoms with Crippen LogP contribution in [0.25, 0.3) is 0 Å². The molecule has 0 radical (unpaired) electrons. The lowest BCUT2D eigenvalue weighted by Crippen LogP contribution is -2.49. The Balaban J connectivity index is 1.41. The van der Waals surface area contributed by atoms with Gasteiger partial charge in [0.05, 0.1) is 0 Å². The molecule has 120 valence electrons. The summed E-state index contributed by atoms with van der Waals surface area (Å²) >= 11 is 0. The van der Waals surface area contributed by atoms with E-state index in [0.717, 1.165) is 64.5 Å². The molecule has 1 aromatic rings. The number of rotatable bonds is 4. The highest BCUT2D eigenvalue weighted by Crippen LogP contribution is 2.21. The number of hydrogen-bond donors (Lipinski definition) is 0. The molecule has 3 heterocycles. The molecule has 22 heavy (non-hydrogen) atoms. The first-order valence-electron chi connectivity index (χ1n) is 8.34. The number of carbonyl (C=O) groups excluding carboxylic acids is 1. The molecular weight excluding hydrogens is 278 g/mol. The third-order valence-corrected chi connectivity index (χ3v) is 4.71. The van der Waals surface area contributed by atoms with Crippen LogP contribution in [0.3, 0.4) is 0 Å². The third-order valence-electron chi connectivity index (χ3n) is 4.71. The lowest BCUT2D eigenvalue weighted by Gasteiger charge is -2.35. The number of ether oxygens (including phenoxy) is 1. The van der Waals surface area contributed by atoms with Crippen molar-refractivity contribution in [3.8, 4) is 0 Å². The highest BCUT2D eigenvalue weighted by Gasteiger charge is 2.23. The molecule has 0 aromatic carbocycles. The number of amides is 1. The summed E-state index contributed by atoms with van der Waals surface area (Å²) in [4.78, 5) is 21.0. The summed E-state index contributed by atoms with van der Waals surface area (Å²) in [7, 11) is 0. The van der Waals surface area contributed by atoms with E-state index in [1.165, 1.54) is 0 Å². The Morgan fingerprint density at radius 3 is 2.64 bits per heavy atom. The van der Waals surface area contributed by atoms with Gasteiger partial charge in [-0.1, -0.05) is 6.07 Å². The van der Waals surface area contributed by atoms with Crippen molar-refractivity contribution in [3.05, 3.63) is 24.4 Å². The predicted octanol–water partition coefficient (Wildman–Crippen LogP) is 1.94. The summed E-state index contributed by atoms with van der Waals surface area (Å²) in [6, 6.07) is 5.97. The fourth-order valence-corrected chi connectivity index (χ4v) is 3.25. The van der Waals surface area contributed by atoms with E-state index in [1.807, 2.05) is 29.3 Å². The zero-order chi connectivity index (χ0) is 15.2. The van der Waals surface area contributed by atoms with E-state index >= 15 is 0 Å². The summed E-state index contributed by atoms with van der Waals surface area (Å²) in [5.41, 5.74) is 0. The molecule has 0 aliphatic carbocycles. The van der Waals surface area contributed by atoms with Crippen molar-refractivity contribution in [2.24, 2.45) is 5.92 Å². The minimum atomic E-state index is 0.312. The van der Waals surface area contributed by atoms with Gasteiger partial charge >= 0.3 is 0 Å². The largest absolute Gasteiger partial charge is 0.381 e. The summed E-state index contributed by atoms with van der Waals surface area (Å²) in [6.45, 7) is 5.09. The third kappa shape index (κ3) is 3.97. The molecule has 2 saturated heterocycles. The Hall–Kier alpha value is -1.62. The van der Waals surface area contributed by atoms with Gasteiger partial charge in [-0.3, -0.25) is 4.79 Å². The molecule has 5 nitrogen and oxygen atoms in total. The van der Waals surface area contributed by atoms with Crippen LogP contribution in [-0.2, 0) is 9.53 Å². The second-order valence-corrected chi connectivity index (χ2v) is 6.15. The lowest BCUT2D eigenvalue weighted by molar-refractivity contribution is -0.132. The fraction of sp³-hybridized carbons (Fsp3) is 0.647. The van der Waals surface area contributed by atoms with Crippen molar-refractivity contribution in [2.75, 3.05) is 44.3 Å². The SMILES string of the molecule is O=C(CCC1CCOCC1)N1CCN(c2ccccn2)CC1. The molecule has 2 aliphatic rings. The Kier molecular flexibility index (Phi) is 5.27. The van der Waals surface area contributed by atoms with Crippen LogP contribution in [0.15, 0.2) is 24.4 Å². The average molecular weight is 303 g/mol. The molecule has 0 N–H and O–H groups in total. The van der Waals surface area contributed by atoms with Crippen LogP contribution in [0.2, 0.25) is 0 Å². The molecule has 1 amide bonds. The molecular formula is C17H25N3O2. The summed E-state index contributed by atoms with van der Waals surface area (Å²) in [5, 5.41) is 0. The zero-order valence-corrected chi connectivity index (χ0v) is 13.1. The van der Waals surface area contributed by atoms with Gasteiger partial charge in [-0.2, -0.15) is 0 Å². The highest BCUT2D eigenvalue weighted by atomic mass is 16.5. The van der Waals surface area contributed by atoms with Gasteiger partial charge in [-0.15, -0.1) is 0 Å². The van der Waals surface area contributed by atoms with Crippen molar-refractivity contribution >= 4 is 11.7 Å². The Bertz CT molecular complexity index is 466. The topological polar surface area (TPSA) is 45.7 Å². The maximum absolute atomic E-state index is 12.3. The molecule has 0 atom stereocenters. The molecule has 0 spiro atoms. The highest BCUT2D eigenvalue weighted by molar-refractivity contribution is 5.76. The maximum Gasteiger partial charge on any atom is 0.222 e. The number of pyridine rings is 1. The average Bonchev–Trinajstić information content (AvgIpc) is 2.61. The molecule has 5 heteroatoms. The van der Waals surface area contributed by atoms with Gasteiger partial charge in [0.25, 0.3) is 0 Å². The Morgan fingerprint density at radius 1 is 1.18 bits per heavy atom. The summed E-state index contributed by atoms with van der Waals surface area (Å²) in [6.07, 6.45) is 5.75. The molecule has 2 aliphatic heterocycles. The van der Waals surface area contributed by atoms with Crippen molar-refractivity contribution in [2.45, 2.75) is 25.7 Å². The van der Waals surface area contributed by atoms with E-state index in [9.17, 15) is 4.79 Å². The van der Waals surface area contributed by atoms with Gasteiger partial charge < -0.3 is 14.5 Å². The predicted molar refractivity (Wildman–Crippen MR) is 85.8 cm³/mol. The molecule has 1 aromatic heterocycles. The van der Waals surface area contributed by atoms with Crippen LogP contribution < -0.4 is 4.90 Å². The quantitative estimate of drug-likeness (QED) is 0.853. The second-order valence-electron chi connectivity index (χ2n) is 6.15. The number of nitrogens with zero attached hydrogens (tertiary/aromatic N) is 3. The Labute approximate surface area is 132 Å². The molecule has 3 rings (SSSR count). The molecule has 2 fully saturated rings. The molecule has 0 saturated carbocycles. The van der Waals surface area contributed by atoms with Gasteiger partial charge in [0.1, 0.15) is 5.82 Å². The first kappa shape index (κ1) is 15.3. The molecule has 0 unspecified atom stereocenters. The van der Waals surface area contributed by atoms with E-state index in [-0.39, 0.29) is 0 Å². The summed E-state index contributed by atoms with van der Waals surface area (Å²) < 4.78 is 5.37. The first-order valence-corrected chi connectivity index (χ1v) is 8.34. The van der Waals surface area contributed by atoms with E-state index in [0.29, 0.717) is 18.2 Å². The molecule has 0 bridgehead atoms. The normalized spacial score (nSPS) is 20.2. The van der Waals surface area contributed by atoms with E-state index < -0.39 is 0 Å². The number of hydrogen-bond acceptors (Lipinski definition) is 4. The minimum Gasteiger partial charge on any atom is -0.381 e. The van der Waals surface area contributed by atoms with E-state index in [1.54, 1.807) is 0 Å². The first-order chi connectivity index (χ1) is 10.8. The second kappa shape index (κ2) is 7.58. The zero-order valence-electron chi connectivity index (χ0n) is 13.1. The number of aromatic nitrogens is 1. The summed E-state index contributed by atoms with van der Waals surface area (Å²) in [5.74, 6) is 2.00. The standard InChI is InChI=1S/C17H25N3O2/c21-17(5-4-15-6-13-22-14-7-15)20-11-9-19(10-12-20)16-3-1-2-8-18-16/h1-3,8,15H,4-7,9-14H2. The monoisotopic (exact) mass is 303 g/mol. The van der Waals surface area contributed by atoms with Crippen LogP contribution in [0.4, 0.5) is 5.82 Å². The number of anilines is 1. The lowest BCUT2D eigenvalue weighted by atomic mass is 9.94. The van der Waals surface area contributed by atoms with Gasteiger partial charge in [0.15, 0.2) is 0 Å². The van der Waals surface area contributed by atoms with Crippen molar-refractivity contribution in [3.63, 3.8) is 0 Å². The van der Waals surface area contributed by atoms with Gasteiger partial charge in [-0.05, 0) is 37.3 Å². The van der Waals surface area contributed by atoms with Crippen molar-refractivity contribution in [1.29, 1.82) is 0 Å². The van der Waals surface area contributed by atoms with Crippen molar-refractivity contribution < 1.29 is 9.53 Å². The number of piperazine rings is 1.